The first kappa shape index (κ1) is 14.1. The van der Waals surface area contributed by atoms with Crippen LogP contribution in [0.15, 0.2) is 24.3 Å². The van der Waals surface area contributed by atoms with Gasteiger partial charge in [0, 0.05) is 13.0 Å². The lowest BCUT2D eigenvalue weighted by Gasteiger charge is -2.21. The number of ether oxygens (including phenoxy) is 1. The number of carbonyl (C=O) groups excluding carboxylic acids is 1. The second-order valence-corrected chi connectivity index (χ2v) is 4.98. The monoisotopic (exact) mass is 272 g/mol. The molecule has 0 bridgehead atoms. The average Bonchev–Trinajstić information content (AvgIpc) is 2.77. The van der Waals surface area contributed by atoms with Gasteiger partial charge in [-0.05, 0) is 31.4 Å². The summed E-state index contributed by atoms with van der Waals surface area (Å²) < 4.78 is 43.1. The van der Waals surface area contributed by atoms with Crippen molar-refractivity contribution in [3.63, 3.8) is 0 Å². The summed E-state index contributed by atoms with van der Waals surface area (Å²) in [5.41, 5.74) is -1.19. The van der Waals surface area contributed by atoms with E-state index in [0.717, 1.165) is 18.6 Å². The van der Waals surface area contributed by atoms with Gasteiger partial charge in [-0.1, -0.05) is 18.2 Å². The minimum atomic E-state index is -4.38. The molecule has 1 aromatic rings. The Morgan fingerprint density at radius 2 is 2.16 bits per heavy atom. The molecule has 1 saturated heterocycles. The minimum absolute atomic E-state index is 0.0274. The number of benzene rings is 1. The zero-order valence-electron chi connectivity index (χ0n) is 10.6. The van der Waals surface area contributed by atoms with Crippen LogP contribution >= 0.6 is 0 Å². The van der Waals surface area contributed by atoms with Crippen molar-refractivity contribution in [1.29, 1.82) is 0 Å². The SMILES string of the molecule is CC1(C(=O)Cc2cccc(C(F)(F)F)c2)CCCO1. The van der Waals surface area contributed by atoms with Gasteiger partial charge in [0.15, 0.2) is 5.78 Å². The number of rotatable bonds is 3. The molecule has 0 spiro atoms. The molecule has 1 aliphatic heterocycles. The highest BCUT2D eigenvalue weighted by atomic mass is 19.4. The van der Waals surface area contributed by atoms with Crippen LogP contribution in [0.25, 0.3) is 0 Å². The third-order valence-corrected chi connectivity index (χ3v) is 3.43. The maximum atomic E-state index is 12.6. The topological polar surface area (TPSA) is 26.3 Å². The molecule has 2 nitrogen and oxygen atoms in total. The summed E-state index contributed by atoms with van der Waals surface area (Å²) in [6.45, 7) is 2.24. The summed E-state index contributed by atoms with van der Waals surface area (Å²) >= 11 is 0. The lowest BCUT2D eigenvalue weighted by atomic mass is 9.92. The molecule has 1 atom stereocenters. The molecule has 0 aliphatic carbocycles. The van der Waals surface area contributed by atoms with Crippen LogP contribution in [0, 0.1) is 0 Å². The number of hydrogen-bond acceptors (Lipinski definition) is 2. The number of carbonyl (C=O) groups is 1. The molecule has 0 amide bonds. The summed E-state index contributed by atoms with van der Waals surface area (Å²) in [4.78, 5) is 12.1. The Bertz CT molecular complexity index is 474. The van der Waals surface area contributed by atoms with Crippen molar-refractivity contribution in [2.45, 2.75) is 38.0 Å². The van der Waals surface area contributed by atoms with E-state index in [9.17, 15) is 18.0 Å². The molecule has 1 fully saturated rings. The van der Waals surface area contributed by atoms with Gasteiger partial charge in [-0.15, -0.1) is 0 Å². The van der Waals surface area contributed by atoms with Gasteiger partial charge in [-0.3, -0.25) is 4.79 Å². The first-order valence-corrected chi connectivity index (χ1v) is 6.15. The first-order valence-electron chi connectivity index (χ1n) is 6.15. The van der Waals surface area contributed by atoms with Gasteiger partial charge in [0.2, 0.25) is 0 Å². The molecule has 0 saturated carbocycles. The van der Waals surface area contributed by atoms with Crippen molar-refractivity contribution in [1.82, 2.24) is 0 Å². The van der Waals surface area contributed by atoms with Crippen molar-refractivity contribution in [3.05, 3.63) is 35.4 Å². The Morgan fingerprint density at radius 3 is 2.74 bits per heavy atom. The highest BCUT2D eigenvalue weighted by molar-refractivity contribution is 5.89. The molecule has 1 aliphatic rings. The van der Waals surface area contributed by atoms with E-state index < -0.39 is 17.3 Å². The molecular formula is C14H15F3O2. The highest BCUT2D eigenvalue weighted by Crippen LogP contribution is 2.31. The molecule has 0 aromatic heterocycles. The number of hydrogen-bond donors (Lipinski definition) is 0. The van der Waals surface area contributed by atoms with E-state index in [0.29, 0.717) is 18.6 Å². The summed E-state index contributed by atoms with van der Waals surface area (Å²) in [6.07, 6.45) is -2.97. The van der Waals surface area contributed by atoms with E-state index in [2.05, 4.69) is 0 Å². The van der Waals surface area contributed by atoms with Gasteiger partial charge in [-0.2, -0.15) is 13.2 Å². The molecule has 19 heavy (non-hydrogen) atoms. The van der Waals surface area contributed by atoms with E-state index in [1.54, 1.807) is 6.92 Å². The molecule has 5 heteroatoms. The van der Waals surface area contributed by atoms with Crippen molar-refractivity contribution in [2.24, 2.45) is 0 Å². The Kier molecular flexibility index (Phi) is 3.67. The van der Waals surface area contributed by atoms with Gasteiger partial charge in [0.1, 0.15) is 5.60 Å². The van der Waals surface area contributed by atoms with Crippen LogP contribution in [0.5, 0.6) is 0 Å². The fraction of sp³-hybridized carbons (Fsp3) is 0.500. The fourth-order valence-corrected chi connectivity index (χ4v) is 2.23. The quantitative estimate of drug-likeness (QED) is 0.843. The van der Waals surface area contributed by atoms with E-state index in [4.69, 9.17) is 4.74 Å². The number of alkyl halides is 3. The Balaban J connectivity index is 2.13. The molecule has 1 aromatic carbocycles. The molecular weight excluding hydrogens is 257 g/mol. The zero-order chi connectivity index (χ0) is 14.1. The number of halogens is 3. The fourth-order valence-electron chi connectivity index (χ4n) is 2.23. The predicted molar refractivity (Wildman–Crippen MR) is 63.7 cm³/mol. The van der Waals surface area contributed by atoms with Gasteiger partial charge < -0.3 is 4.74 Å². The molecule has 0 N–H and O–H groups in total. The van der Waals surface area contributed by atoms with Crippen LogP contribution in [0.1, 0.15) is 30.9 Å². The smallest absolute Gasteiger partial charge is 0.367 e. The van der Waals surface area contributed by atoms with Crippen LogP contribution in [0.4, 0.5) is 13.2 Å². The minimum Gasteiger partial charge on any atom is -0.367 e. The van der Waals surface area contributed by atoms with Gasteiger partial charge in [0.25, 0.3) is 0 Å². The molecule has 104 valence electrons. The van der Waals surface area contributed by atoms with Gasteiger partial charge >= 0.3 is 6.18 Å². The lowest BCUT2D eigenvalue weighted by molar-refractivity contribution is -0.138. The van der Waals surface area contributed by atoms with Gasteiger partial charge in [-0.25, -0.2) is 0 Å². The summed E-state index contributed by atoms with van der Waals surface area (Å²) in [5, 5.41) is 0. The third-order valence-electron chi connectivity index (χ3n) is 3.43. The molecule has 0 radical (unpaired) electrons. The van der Waals surface area contributed by atoms with Crippen LogP contribution < -0.4 is 0 Å². The van der Waals surface area contributed by atoms with Crippen molar-refractivity contribution in [2.75, 3.05) is 6.61 Å². The van der Waals surface area contributed by atoms with Crippen molar-refractivity contribution >= 4 is 5.78 Å². The van der Waals surface area contributed by atoms with E-state index in [1.165, 1.54) is 12.1 Å². The summed E-state index contributed by atoms with van der Waals surface area (Å²) in [5.74, 6) is -0.163. The highest BCUT2D eigenvalue weighted by Gasteiger charge is 2.37. The normalized spacial score (nSPS) is 23.6. The molecule has 1 heterocycles. The van der Waals surface area contributed by atoms with Crippen LogP contribution in [-0.4, -0.2) is 18.0 Å². The van der Waals surface area contributed by atoms with Crippen LogP contribution in [0.2, 0.25) is 0 Å². The lowest BCUT2D eigenvalue weighted by Crippen LogP contribution is -2.35. The van der Waals surface area contributed by atoms with E-state index in [1.807, 2.05) is 0 Å². The van der Waals surface area contributed by atoms with Crippen molar-refractivity contribution < 1.29 is 22.7 Å². The second kappa shape index (κ2) is 4.96. The van der Waals surface area contributed by atoms with Crippen LogP contribution in [-0.2, 0) is 22.1 Å². The predicted octanol–water partition coefficient (Wildman–Crippen LogP) is 3.39. The maximum absolute atomic E-state index is 12.6. The average molecular weight is 272 g/mol. The third kappa shape index (κ3) is 3.15. The van der Waals surface area contributed by atoms with E-state index >= 15 is 0 Å². The Hall–Kier alpha value is -1.36. The molecule has 1 unspecified atom stereocenters. The largest absolute Gasteiger partial charge is 0.416 e. The zero-order valence-corrected chi connectivity index (χ0v) is 10.6. The van der Waals surface area contributed by atoms with Gasteiger partial charge in [0.05, 0.1) is 5.56 Å². The first-order chi connectivity index (χ1) is 8.81. The Labute approximate surface area is 109 Å². The maximum Gasteiger partial charge on any atom is 0.416 e. The number of ketones is 1. The van der Waals surface area contributed by atoms with Crippen molar-refractivity contribution in [3.8, 4) is 0 Å². The Morgan fingerprint density at radius 1 is 1.42 bits per heavy atom. The summed E-state index contributed by atoms with van der Waals surface area (Å²) in [6, 6.07) is 4.88. The second-order valence-electron chi connectivity index (χ2n) is 4.98. The van der Waals surface area contributed by atoms with Crippen LogP contribution in [0.3, 0.4) is 0 Å². The van der Waals surface area contributed by atoms with E-state index in [-0.39, 0.29) is 12.2 Å². The molecule has 2 rings (SSSR count). The summed E-state index contributed by atoms with van der Waals surface area (Å²) in [7, 11) is 0. The standard InChI is InChI=1S/C14H15F3O2/c1-13(6-3-7-19-13)12(18)9-10-4-2-5-11(8-10)14(15,16)17/h2,4-5,8H,3,6-7,9H2,1H3. The number of Topliss-reactive ketones (excluding diaryl/α,β-unsaturated/α-hetero) is 1.